The van der Waals surface area contributed by atoms with Gasteiger partial charge in [0.25, 0.3) is 0 Å². The molecule has 0 spiro atoms. The molecule has 0 amide bonds. The van der Waals surface area contributed by atoms with Crippen LogP contribution in [0.25, 0.3) is 0 Å². The van der Waals surface area contributed by atoms with E-state index < -0.39 is 7.14 Å². The van der Waals surface area contributed by atoms with Crippen molar-refractivity contribution >= 4 is 53.9 Å². The van der Waals surface area contributed by atoms with E-state index in [0.717, 1.165) is 30.5 Å². The Hall–Kier alpha value is -1.33. The zero-order valence-corrected chi connectivity index (χ0v) is 16.6. The zero-order chi connectivity index (χ0) is 17.2. The molecule has 3 rings (SSSR count). The topological polar surface area (TPSA) is 78.9 Å². The Bertz CT molecular complexity index is 777. The van der Waals surface area contributed by atoms with Crippen molar-refractivity contribution in [2.75, 3.05) is 37.1 Å². The van der Waals surface area contributed by atoms with Crippen LogP contribution in [0.2, 0.25) is 5.02 Å². The first-order valence-electron chi connectivity index (χ1n) is 7.85. The molecule has 1 aliphatic rings. The van der Waals surface area contributed by atoms with Crippen LogP contribution in [0.1, 0.15) is 6.42 Å². The molecule has 1 aromatic heterocycles. The number of anilines is 3. The molecule has 1 atom stereocenters. The normalized spacial score (nSPS) is 17.0. The van der Waals surface area contributed by atoms with Gasteiger partial charge in [0, 0.05) is 17.9 Å². The van der Waals surface area contributed by atoms with Crippen LogP contribution in [0.4, 0.5) is 17.5 Å². The van der Waals surface area contributed by atoms with Crippen LogP contribution in [0.5, 0.6) is 0 Å². The molecule has 1 aliphatic heterocycles. The number of nitrogens with one attached hydrogen (secondary N) is 3. The van der Waals surface area contributed by atoms with Gasteiger partial charge in [-0.3, -0.25) is 0 Å². The van der Waals surface area contributed by atoms with Crippen LogP contribution >= 0.6 is 31.1 Å². The summed E-state index contributed by atoms with van der Waals surface area (Å²) in [6.45, 7) is 5.38. The van der Waals surface area contributed by atoms with Crippen LogP contribution < -0.4 is 21.3 Å². The quantitative estimate of drug-likeness (QED) is 0.666. The van der Waals surface area contributed by atoms with Crippen LogP contribution in [0.15, 0.2) is 30.5 Å². The van der Waals surface area contributed by atoms with Crippen LogP contribution in [-0.2, 0) is 4.57 Å². The summed E-state index contributed by atoms with van der Waals surface area (Å²) in [7, 11) is -2.42. The minimum atomic E-state index is -2.42. The van der Waals surface area contributed by atoms with E-state index in [4.69, 9.17) is 11.6 Å². The SMILES string of the molecule is CP(C)(=O)c1ccccc1Nc1nc(N[C@@H]2CCNC2)ncc1Cl.Cl. The first-order chi connectivity index (χ1) is 11.4. The average Bonchev–Trinajstić information content (AvgIpc) is 3.03. The van der Waals surface area contributed by atoms with Crippen molar-refractivity contribution in [1.82, 2.24) is 15.3 Å². The number of para-hydroxylation sites is 1. The first kappa shape index (κ1) is 20.0. The highest BCUT2D eigenvalue weighted by molar-refractivity contribution is 7.70. The molecule has 136 valence electrons. The van der Waals surface area contributed by atoms with E-state index in [9.17, 15) is 4.57 Å². The summed E-state index contributed by atoms with van der Waals surface area (Å²) in [5.41, 5.74) is 0.750. The summed E-state index contributed by atoms with van der Waals surface area (Å²) < 4.78 is 12.5. The fraction of sp³-hybridized carbons (Fsp3) is 0.375. The predicted octanol–water partition coefficient (Wildman–Crippen LogP) is 3.32. The number of benzene rings is 1. The van der Waals surface area contributed by atoms with E-state index >= 15 is 0 Å². The van der Waals surface area contributed by atoms with Gasteiger partial charge in [-0.15, -0.1) is 12.4 Å². The Kier molecular flexibility index (Phi) is 6.69. The summed E-state index contributed by atoms with van der Waals surface area (Å²) in [5.74, 6) is 1.03. The second kappa shape index (κ2) is 8.37. The molecule has 1 saturated heterocycles. The van der Waals surface area contributed by atoms with E-state index in [1.807, 2.05) is 24.3 Å². The molecule has 9 heteroatoms. The first-order valence-corrected chi connectivity index (χ1v) is 10.8. The van der Waals surface area contributed by atoms with Crippen molar-refractivity contribution in [2.24, 2.45) is 0 Å². The lowest BCUT2D eigenvalue weighted by Crippen LogP contribution is -2.23. The number of halogens is 2. The lowest BCUT2D eigenvalue weighted by Gasteiger charge is -2.16. The minimum Gasteiger partial charge on any atom is -0.350 e. The van der Waals surface area contributed by atoms with Gasteiger partial charge >= 0.3 is 0 Å². The van der Waals surface area contributed by atoms with E-state index in [0.29, 0.717) is 22.8 Å². The molecule has 2 aromatic rings. The standard InChI is InChI=1S/C16H21ClN5OP.ClH/c1-24(2,23)14-6-4-3-5-13(14)21-15-12(17)10-19-16(22-15)20-11-7-8-18-9-11;/h3-6,10-11,18H,7-9H2,1-2H3,(H2,19,20,21,22);1H/t11-;/m1./s1. The summed E-state index contributed by atoms with van der Waals surface area (Å²) in [6.07, 6.45) is 2.61. The van der Waals surface area contributed by atoms with Gasteiger partial charge in [0.15, 0.2) is 5.82 Å². The van der Waals surface area contributed by atoms with Gasteiger partial charge in [-0.2, -0.15) is 4.98 Å². The number of hydrogen-bond acceptors (Lipinski definition) is 6. The minimum absolute atomic E-state index is 0. The fourth-order valence-corrected chi connectivity index (χ4v) is 3.96. The second-order valence-corrected chi connectivity index (χ2v) is 9.81. The Morgan fingerprint density at radius 3 is 2.76 bits per heavy atom. The molecule has 0 radical (unpaired) electrons. The highest BCUT2D eigenvalue weighted by Crippen LogP contribution is 2.38. The zero-order valence-electron chi connectivity index (χ0n) is 14.1. The van der Waals surface area contributed by atoms with Crippen molar-refractivity contribution in [2.45, 2.75) is 12.5 Å². The fourth-order valence-electron chi connectivity index (χ4n) is 2.66. The molecule has 1 fully saturated rings. The van der Waals surface area contributed by atoms with Gasteiger partial charge in [-0.05, 0) is 38.4 Å². The smallest absolute Gasteiger partial charge is 0.224 e. The van der Waals surface area contributed by atoms with Crippen molar-refractivity contribution < 1.29 is 4.57 Å². The molecule has 1 aromatic carbocycles. The van der Waals surface area contributed by atoms with Gasteiger partial charge in [0.05, 0.1) is 11.9 Å². The van der Waals surface area contributed by atoms with Crippen LogP contribution in [0, 0.1) is 0 Å². The maximum absolute atomic E-state index is 12.5. The summed E-state index contributed by atoms with van der Waals surface area (Å²) in [6, 6.07) is 7.82. The van der Waals surface area contributed by atoms with Gasteiger partial charge < -0.3 is 20.5 Å². The summed E-state index contributed by atoms with van der Waals surface area (Å²) >= 11 is 6.23. The molecule has 6 nitrogen and oxygen atoms in total. The van der Waals surface area contributed by atoms with Crippen molar-refractivity contribution in [3.8, 4) is 0 Å². The Labute approximate surface area is 159 Å². The Morgan fingerprint density at radius 2 is 2.08 bits per heavy atom. The molecule has 3 N–H and O–H groups in total. The molecule has 2 heterocycles. The van der Waals surface area contributed by atoms with Gasteiger partial charge in [0.1, 0.15) is 12.2 Å². The molecular formula is C16H22Cl2N5OP. The average molecular weight is 402 g/mol. The third kappa shape index (κ3) is 5.08. The molecule has 0 bridgehead atoms. The maximum Gasteiger partial charge on any atom is 0.224 e. The van der Waals surface area contributed by atoms with Crippen molar-refractivity contribution in [3.05, 3.63) is 35.5 Å². The third-order valence-electron chi connectivity index (χ3n) is 3.87. The molecule has 0 unspecified atom stereocenters. The highest BCUT2D eigenvalue weighted by Gasteiger charge is 2.18. The van der Waals surface area contributed by atoms with E-state index in [2.05, 4.69) is 25.9 Å². The number of rotatable bonds is 5. The van der Waals surface area contributed by atoms with Crippen molar-refractivity contribution in [1.29, 1.82) is 0 Å². The third-order valence-corrected chi connectivity index (χ3v) is 5.70. The predicted molar refractivity (Wildman–Crippen MR) is 108 cm³/mol. The van der Waals surface area contributed by atoms with E-state index in [1.54, 1.807) is 19.5 Å². The molecule has 0 saturated carbocycles. The second-order valence-electron chi connectivity index (χ2n) is 6.22. The number of hydrogen-bond donors (Lipinski definition) is 3. The largest absolute Gasteiger partial charge is 0.350 e. The van der Waals surface area contributed by atoms with Crippen LogP contribution in [-0.4, -0.2) is 42.4 Å². The maximum atomic E-state index is 12.5. The van der Waals surface area contributed by atoms with Gasteiger partial charge in [0.2, 0.25) is 5.95 Å². The lowest BCUT2D eigenvalue weighted by atomic mass is 10.3. The highest BCUT2D eigenvalue weighted by atomic mass is 35.5. The Balaban J connectivity index is 0.00000225. The number of nitrogens with zero attached hydrogens (tertiary/aromatic N) is 2. The van der Waals surface area contributed by atoms with Crippen molar-refractivity contribution in [3.63, 3.8) is 0 Å². The van der Waals surface area contributed by atoms with E-state index in [1.165, 1.54) is 0 Å². The van der Waals surface area contributed by atoms with Gasteiger partial charge in [-0.25, -0.2) is 4.98 Å². The lowest BCUT2D eigenvalue weighted by molar-refractivity contribution is 0.588. The van der Waals surface area contributed by atoms with E-state index in [-0.39, 0.29) is 12.4 Å². The number of aromatic nitrogens is 2. The van der Waals surface area contributed by atoms with Crippen LogP contribution in [0.3, 0.4) is 0 Å². The molecule has 0 aliphatic carbocycles. The monoisotopic (exact) mass is 401 g/mol. The Morgan fingerprint density at radius 1 is 1.32 bits per heavy atom. The molecular weight excluding hydrogens is 380 g/mol. The summed E-state index contributed by atoms with van der Waals surface area (Å²) in [5, 5.41) is 11.0. The molecule has 25 heavy (non-hydrogen) atoms. The van der Waals surface area contributed by atoms with Gasteiger partial charge in [-0.1, -0.05) is 23.7 Å². The summed E-state index contributed by atoms with van der Waals surface area (Å²) in [4.78, 5) is 8.71.